The van der Waals surface area contributed by atoms with E-state index < -0.39 is 23.8 Å². The molecule has 4 aliphatic rings. The van der Waals surface area contributed by atoms with E-state index in [1.165, 1.54) is 31.3 Å². The molecule has 4 fully saturated rings. The van der Waals surface area contributed by atoms with Gasteiger partial charge in [0, 0.05) is 12.8 Å². The van der Waals surface area contributed by atoms with Gasteiger partial charge in [0.15, 0.2) is 5.60 Å². The van der Waals surface area contributed by atoms with Gasteiger partial charge in [0.25, 0.3) is 0 Å². The number of cyclic esters (lactones) is 1. The molecule has 178 valence electrons. The van der Waals surface area contributed by atoms with Gasteiger partial charge in [-0.1, -0.05) is 38.2 Å². The number of aliphatic hydroxyl groups is 3. The van der Waals surface area contributed by atoms with Crippen LogP contribution in [0.4, 0.5) is 0 Å². The summed E-state index contributed by atoms with van der Waals surface area (Å²) in [6.07, 6.45) is 11.0. The Kier molecular flexibility index (Phi) is 6.47. The van der Waals surface area contributed by atoms with Gasteiger partial charge in [-0.3, -0.25) is 0 Å². The van der Waals surface area contributed by atoms with Crippen LogP contribution in [0.15, 0.2) is 35.5 Å². The van der Waals surface area contributed by atoms with E-state index in [0.29, 0.717) is 37.0 Å². The maximum absolute atomic E-state index is 11.9. The third-order valence-corrected chi connectivity index (χ3v) is 8.96. The molecule has 3 N–H and O–H groups in total. The predicted octanol–water partition coefficient (Wildman–Crippen LogP) is 4.22. The molecule has 8 atom stereocenters. The maximum atomic E-state index is 11.9. The highest BCUT2D eigenvalue weighted by atomic mass is 16.6. The lowest BCUT2D eigenvalue weighted by molar-refractivity contribution is -0.154. The highest BCUT2D eigenvalue weighted by Crippen LogP contribution is 2.60. The largest absolute Gasteiger partial charge is 0.460 e. The molecular formula is C27H40O5. The minimum Gasteiger partial charge on any atom is -0.460 e. The third kappa shape index (κ3) is 4.36. The van der Waals surface area contributed by atoms with E-state index in [2.05, 4.69) is 32.6 Å². The molecule has 0 amide bonds. The summed E-state index contributed by atoms with van der Waals surface area (Å²) < 4.78 is 5.47. The van der Waals surface area contributed by atoms with E-state index in [0.717, 1.165) is 24.0 Å². The molecule has 0 aromatic carbocycles. The minimum atomic E-state index is -1.34. The summed E-state index contributed by atoms with van der Waals surface area (Å²) in [6.45, 7) is 10.3. The Labute approximate surface area is 192 Å². The van der Waals surface area contributed by atoms with Gasteiger partial charge in [-0.05, 0) is 86.2 Å². The molecule has 0 aromatic heterocycles. The second kappa shape index (κ2) is 8.73. The van der Waals surface area contributed by atoms with E-state index in [-0.39, 0.29) is 11.5 Å². The van der Waals surface area contributed by atoms with Crippen molar-refractivity contribution in [3.8, 4) is 0 Å². The summed E-state index contributed by atoms with van der Waals surface area (Å²) in [6, 6.07) is 0. The molecule has 1 saturated heterocycles. The Hall–Kier alpha value is -1.43. The maximum Gasteiger partial charge on any atom is 0.338 e. The second-order valence-corrected chi connectivity index (χ2v) is 11.4. The fraction of sp³-hybridized carbons (Fsp3) is 0.741. The van der Waals surface area contributed by atoms with E-state index >= 15 is 0 Å². The van der Waals surface area contributed by atoms with Crippen molar-refractivity contribution in [3.05, 3.63) is 35.5 Å². The monoisotopic (exact) mass is 444 g/mol. The topological polar surface area (TPSA) is 87.0 Å². The van der Waals surface area contributed by atoms with Crippen molar-refractivity contribution in [2.24, 2.45) is 23.2 Å². The quantitative estimate of drug-likeness (QED) is 0.565. The number of allylic oxidation sites excluding steroid dienone is 3. The van der Waals surface area contributed by atoms with Crippen LogP contribution in [0.25, 0.3) is 0 Å². The average Bonchev–Trinajstić information content (AvgIpc) is 3.18. The van der Waals surface area contributed by atoms with Crippen molar-refractivity contribution in [2.45, 2.75) is 102 Å². The van der Waals surface area contributed by atoms with E-state index in [1.807, 2.05) is 0 Å². The molecule has 0 unspecified atom stereocenters. The molecule has 1 aliphatic heterocycles. The summed E-state index contributed by atoms with van der Waals surface area (Å²) in [4.78, 5) is 11.9. The van der Waals surface area contributed by atoms with Gasteiger partial charge >= 0.3 is 5.97 Å². The summed E-state index contributed by atoms with van der Waals surface area (Å²) in [7, 11) is 0. The van der Waals surface area contributed by atoms with E-state index in [4.69, 9.17) is 4.74 Å². The summed E-state index contributed by atoms with van der Waals surface area (Å²) in [5, 5.41) is 30.4. The number of carbonyl (C=O) groups excluding carboxylic acids is 1. The van der Waals surface area contributed by atoms with Crippen molar-refractivity contribution in [1.29, 1.82) is 0 Å². The summed E-state index contributed by atoms with van der Waals surface area (Å²) >= 11 is 0. The molecule has 4 rings (SSSR count). The van der Waals surface area contributed by atoms with Crippen LogP contribution < -0.4 is 0 Å². The predicted molar refractivity (Wildman–Crippen MR) is 124 cm³/mol. The zero-order valence-electron chi connectivity index (χ0n) is 19.8. The molecule has 5 heteroatoms. The van der Waals surface area contributed by atoms with Crippen LogP contribution in [-0.4, -0.2) is 45.2 Å². The number of fused-ring (bicyclic) bond motifs is 1. The van der Waals surface area contributed by atoms with Gasteiger partial charge in [-0.2, -0.15) is 0 Å². The van der Waals surface area contributed by atoms with Crippen molar-refractivity contribution < 1.29 is 24.9 Å². The zero-order chi connectivity index (χ0) is 23.3. The van der Waals surface area contributed by atoms with Crippen molar-refractivity contribution in [3.63, 3.8) is 0 Å². The molecule has 5 nitrogen and oxygen atoms in total. The number of aliphatic hydroxyl groups excluding tert-OH is 2. The highest BCUT2D eigenvalue weighted by Gasteiger charge is 2.52. The summed E-state index contributed by atoms with van der Waals surface area (Å²) in [5.41, 5.74) is 2.08. The number of esters is 1. The van der Waals surface area contributed by atoms with Crippen LogP contribution in [0, 0.1) is 23.2 Å². The number of carbonyl (C=O) groups is 1. The van der Waals surface area contributed by atoms with Gasteiger partial charge in [0.05, 0.1) is 12.2 Å². The first-order valence-electron chi connectivity index (χ1n) is 12.4. The Bertz CT molecular complexity index is 824. The van der Waals surface area contributed by atoms with Gasteiger partial charge in [0.1, 0.15) is 6.10 Å². The first kappa shape index (κ1) is 23.7. The number of rotatable bonds is 4. The lowest BCUT2D eigenvalue weighted by atomic mass is 9.60. The molecular weight excluding hydrogens is 404 g/mol. The second-order valence-electron chi connectivity index (χ2n) is 11.4. The molecule has 1 heterocycles. The summed E-state index contributed by atoms with van der Waals surface area (Å²) in [5.74, 6) is 1.06. The van der Waals surface area contributed by atoms with Crippen molar-refractivity contribution >= 4 is 5.97 Å². The zero-order valence-corrected chi connectivity index (χ0v) is 19.8. The lowest BCUT2D eigenvalue weighted by Crippen LogP contribution is -2.36. The fourth-order valence-corrected chi connectivity index (χ4v) is 7.24. The standard InChI is InChI=1S/C27H40O5/c1-16(12-21-15-27(4,31)25(30)32-21)22-9-10-23-18(6-5-11-26(22,23)3)7-8-19-13-20(28)14-24(29)17(19)2/h7-8,16,20-24,28-29,31H,2,5-6,9-15H2,1,3-4H3/b18-7+,19-8+/t16-,20-,21+,22-,23+,24+,26-,27-/m1/s1. The number of ether oxygens (including phenoxy) is 1. The highest BCUT2D eigenvalue weighted by molar-refractivity contribution is 5.80. The SMILES string of the molecule is C=C1/C(=C/C=C2\CCC[C@]3(C)[C@@H]([C@H](C)C[C@H]4C[C@@](C)(O)C(=O)O4)CC[C@@H]23)C[C@@H](O)C[C@@H]1O. The molecule has 32 heavy (non-hydrogen) atoms. The van der Waals surface area contributed by atoms with Crippen LogP contribution in [-0.2, 0) is 9.53 Å². The Balaban J connectivity index is 1.47. The Morgan fingerprint density at radius 2 is 2.00 bits per heavy atom. The first-order chi connectivity index (χ1) is 15.0. The average molecular weight is 445 g/mol. The van der Waals surface area contributed by atoms with Gasteiger partial charge in [-0.15, -0.1) is 0 Å². The van der Waals surface area contributed by atoms with Gasteiger partial charge < -0.3 is 20.1 Å². The van der Waals surface area contributed by atoms with Crippen molar-refractivity contribution in [2.75, 3.05) is 0 Å². The molecule has 0 radical (unpaired) electrons. The van der Waals surface area contributed by atoms with Crippen LogP contribution >= 0.6 is 0 Å². The number of hydrogen-bond acceptors (Lipinski definition) is 5. The van der Waals surface area contributed by atoms with E-state index in [9.17, 15) is 20.1 Å². The molecule has 0 aromatic rings. The first-order valence-corrected chi connectivity index (χ1v) is 12.4. The van der Waals surface area contributed by atoms with Crippen LogP contribution in [0.3, 0.4) is 0 Å². The normalized spacial score (nSPS) is 45.9. The minimum absolute atomic E-state index is 0.186. The van der Waals surface area contributed by atoms with E-state index in [1.54, 1.807) is 6.92 Å². The number of hydrogen-bond donors (Lipinski definition) is 3. The smallest absolute Gasteiger partial charge is 0.338 e. The molecule has 3 saturated carbocycles. The van der Waals surface area contributed by atoms with Crippen molar-refractivity contribution in [1.82, 2.24) is 0 Å². The van der Waals surface area contributed by atoms with Crippen LogP contribution in [0.5, 0.6) is 0 Å². The van der Waals surface area contributed by atoms with Gasteiger partial charge in [0.2, 0.25) is 0 Å². The molecule has 0 spiro atoms. The Morgan fingerprint density at radius 3 is 2.69 bits per heavy atom. The third-order valence-electron chi connectivity index (χ3n) is 8.96. The molecule has 3 aliphatic carbocycles. The fourth-order valence-electron chi connectivity index (χ4n) is 7.24. The van der Waals surface area contributed by atoms with Gasteiger partial charge in [-0.25, -0.2) is 4.79 Å². The Morgan fingerprint density at radius 1 is 1.25 bits per heavy atom. The van der Waals surface area contributed by atoms with Crippen LogP contribution in [0.2, 0.25) is 0 Å². The van der Waals surface area contributed by atoms with Crippen LogP contribution in [0.1, 0.15) is 78.6 Å². The molecule has 0 bridgehead atoms. The lowest BCUT2D eigenvalue weighted by Gasteiger charge is -2.44.